The second-order valence-electron chi connectivity index (χ2n) is 6.76. The van der Waals surface area contributed by atoms with Gasteiger partial charge in [0, 0.05) is 29.6 Å². The van der Waals surface area contributed by atoms with Gasteiger partial charge in [0.15, 0.2) is 0 Å². The summed E-state index contributed by atoms with van der Waals surface area (Å²) in [6.45, 7) is 2.31. The Balaban J connectivity index is 1.38. The van der Waals surface area contributed by atoms with Crippen LogP contribution in [0.4, 0.5) is 5.69 Å². The van der Waals surface area contributed by atoms with Gasteiger partial charge >= 0.3 is 0 Å². The van der Waals surface area contributed by atoms with Crippen molar-refractivity contribution in [1.29, 1.82) is 0 Å². The van der Waals surface area contributed by atoms with Crippen LogP contribution in [0.1, 0.15) is 30.4 Å². The molecule has 5 nitrogen and oxygen atoms in total. The molecule has 0 aliphatic carbocycles. The van der Waals surface area contributed by atoms with Crippen molar-refractivity contribution >= 4 is 35.3 Å². The van der Waals surface area contributed by atoms with E-state index in [0.717, 1.165) is 34.6 Å². The van der Waals surface area contributed by atoms with Crippen molar-refractivity contribution in [3.63, 3.8) is 0 Å². The lowest BCUT2D eigenvalue weighted by molar-refractivity contribution is 0.578. The highest BCUT2D eigenvalue weighted by atomic mass is 35.5. The molecule has 0 N–H and O–H groups in total. The van der Waals surface area contributed by atoms with E-state index in [0.29, 0.717) is 0 Å². The highest BCUT2D eigenvalue weighted by Crippen LogP contribution is 2.22. The quantitative estimate of drug-likeness (QED) is 0.418. The SMILES string of the molecule is Clc1ccc(CSc2nncn2/N=C\c2ccc(N3CCCCC3)cc2)cc1. The van der Waals surface area contributed by atoms with Crippen LogP contribution >= 0.6 is 23.4 Å². The van der Waals surface area contributed by atoms with Crippen LogP contribution in [0.3, 0.4) is 0 Å². The lowest BCUT2D eigenvalue weighted by Gasteiger charge is -2.28. The van der Waals surface area contributed by atoms with Gasteiger partial charge in [-0.05, 0) is 54.7 Å². The van der Waals surface area contributed by atoms with Gasteiger partial charge in [0.05, 0.1) is 6.21 Å². The molecule has 0 bridgehead atoms. The average Bonchev–Trinajstić information content (AvgIpc) is 3.20. The van der Waals surface area contributed by atoms with E-state index < -0.39 is 0 Å². The highest BCUT2D eigenvalue weighted by molar-refractivity contribution is 7.98. The number of halogens is 1. The lowest BCUT2D eigenvalue weighted by atomic mass is 10.1. The Kier molecular flexibility index (Phi) is 6.29. The van der Waals surface area contributed by atoms with Crippen molar-refractivity contribution in [3.05, 3.63) is 71.0 Å². The molecule has 1 aromatic heterocycles. The van der Waals surface area contributed by atoms with Crippen molar-refractivity contribution < 1.29 is 0 Å². The van der Waals surface area contributed by atoms with E-state index in [1.165, 1.54) is 30.5 Å². The van der Waals surface area contributed by atoms with Gasteiger partial charge in [0.25, 0.3) is 0 Å². The second kappa shape index (κ2) is 9.26. The molecule has 1 aliphatic rings. The number of hydrogen-bond donors (Lipinski definition) is 0. The molecular weight excluding hydrogens is 390 g/mol. The summed E-state index contributed by atoms with van der Waals surface area (Å²) in [6.07, 6.45) is 7.39. The molecule has 0 radical (unpaired) electrons. The third-order valence-electron chi connectivity index (χ3n) is 4.73. The molecule has 1 fully saturated rings. The number of rotatable bonds is 6. The Hall–Kier alpha value is -2.31. The fourth-order valence-electron chi connectivity index (χ4n) is 3.17. The fraction of sp³-hybridized carbons (Fsp3) is 0.286. The van der Waals surface area contributed by atoms with Gasteiger partial charge in [-0.3, -0.25) is 0 Å². The zero-order valence-electron chi connectivity index (χ0n) is 15.5. The standard InChI is InChI=1S/C21H22ClN5S/c22-19-8-4-18(5-9-19)15-28-21-25-23-16-27(21)24-14-17-6-10-20(11-7-17)26-12-2-1-3-13-26/h4-11,14,16H,1-3,12-13,15H2/b24-14-. The smallest absolute Gasteiger partial charge is 0.212 e. The van der Waals surface area contributed by atoms with Crippen LogP contribution < -0.4 is 4.90 Å². The molecule has 1 aliphatic heterocycles. The van der Waals surface area contributed by atoms with Gasteiger partial charge in [-0.25, -0.2) is 0 Å². The number of thioether (sulfide) groups is 1. The minimum Gasteiger partial charge on any atom is -0.372 e. The van der Waals surface area contributed by atoms with Crippen LogP contribution in [0, 0.1) is 0 Å². The summed E-state index contributed by atoms with van der Waals surface area (Å²) in [5.41, 5.74) is 3.53. The molecule has 7 heteroatoms. The average molecular weight is 412 g/mol. The normalized spacial score (nSPS) is 14.7. The maximum Gasteiger partial charge on any atom is 0.212 e. The summed E-state index contributed by atoms with van der Waals surface area (Å²) in [7, 11) is 0. The number of benzene rings is 2. The first kappa shape index (κ1) is 19.0. The third-order valence-corrected chi connectivity index (χ3v) is 5.98. The molecule has 1 saturated heterocycles. The topological polar surface area (TPSA) is 46.3 Å². The van der Waals surface area contributed by atoms with E-state index >= 15 is 0 Å². The predicted octanol–water partition coefficient (Wildman–Crippen LogP) is 5.10. The van der Waals surface area contributed by atoms with Crippen molar-refractivity contribution in [2.45, 2.75) is 30.2 Å². The molecule has 0 spiro atoms. The van der Waals surface area contributed by atoms with Crippen LogP contribution in [0.2, 0.25) is 5.02 Å². The Morgan fingerprint density at radius 3 is 2.50 bits per heavy atom. The largest absolute Gasteiger partial charge is 0.372 e. The Morgan fingerprint density at radius 2 is 1.75 bits per heavy atom. The molecule has 0 atom stereocenters. The number of nitrogens with zero attached hydrogens (tertiary/aromatic N) is 5. The molecular formula is C21H22ClN5S. The minimum atomic E-state index is 0.743. The summed E-state index contributed by atoms with van der Waals surface area (Å²) >= 11 is 7.53. The van der Waals surface area contributed by atoms with Gasteiger partial charge in [0.2, 0.25) is 5.16 Å². The van der Waals surface area contributed by atoms with Crippen LogP contribution in [-0.4, -0.2) is 34.2 Å². The molecule has 2 heterocycles. The second-order valence-corrected chi connectivity index (χ2v) is 8.14. The first-order valence-corrected chi connectivity index (χ1v) is 10.8. The van der Waals surface area contributed by atoms with E-state index in [4.69, 9.17) is 11.6 Å². The van der Waals surface area contributed by atoms with Crippen molar-refractivity contribution in [3.8, 4) is 0 Å². The van der Waals surface area contributed by atoms with Crippen molar-refractivity contribution in [2.24, 2.45) is 5.10 Å². The van der Waals surface area contributed by atoms with E-state index in [-0.39, 0.29) is 0 Å². The summed E-state index contributed by atoms with van der Waals surface area (Å²) in [5.74, 6) is 0.788. The summed E-state index contributed by atoms with van der Waals surface area (Å²) in [5, 5.41) is 14.2. The maximum atomic E-state index is 5.93. The number of hydrogen-bond acceptors (Lipinski definition) is 5. The van der Waals surface area contributed by atoms with Gasteiger partial charge in [-0.1, -0.05) is 47.6 Å². The molecule has 2 aromatic carbocycles. The van der Waals surface area contributed by atoms with Crippen LogP contribution in [-0.2, 0) is 5.75 Å². The van der Waals surface area contributed by atoms with Gasteiger partial charge in [-0.2, -0.15) is 9.78 Å². The molecule has 28 heavy (non-hydrogen) atoms. The lowest BCUT2D eigenvalue weighted by Crippen LogP contribution is -2.29. The molecule has 0 amide bonds. The minimum absolute atomic E-state index is 0.743. The first-order valence-electron chi connectivity index (χ1n) is 9.44. The predicted molar refractivity (Wildman–Crippen MR) is 117 cm³/mol. The van der Waals surface area contributed by atoms with E-state index in [1.54, 1.807) is 22.8 Å². The molecule has 0 saturated carbocycles. The van der Waals surface area contributed by atoms with Gasteiger partial charge in [-0.15, -0.1) is 10.2 Å². The highest BCUT2D eigenvalue weighted by Gasteiger charge is 2.10. The zero-order valence-corrected chi connectivity index (χ0v) is 17.1. The van der Waals surface area contributed by atoms with Crippen LogP contribution in [0.15, 0.2) is 65.1 Å². The van der Waals surface area contributed by atoms with E-state index in [9.17, 15) is 0 Å². The summed E-state index contributed by atoms with van der Waals surface area (Å²) in [6, 6.07) is 16.4. The van der Waals surface area contributed by atoms with E-state index in [1.807, 2.05) is 30.5 Å². The Bertz CT molecular complexity index is 915. The Labute approximate surface area is 174 Å². The first-order chi connectivity index (χ1) is 13.8. The summed E-state index contributed by atoms with van der Waals surface area (Å²) < 4.78 is 1.71. The maximum absolute atomic E-state index is 5.93. The van der Waals surface area contributed by atoms with Crippen LogP contribution in [0.25, 0.3) is 0 Å². The Morgan fingerprint density at radius 1 is 1.00 bits per heavy atom. The monoisotopic (exact) mass is 411 g/mol. The third kappa shape index (κ3) is 4.94. The molecule has 4 rings (SSSR count). The molecule has 3 aromatic rings. The molecule has 0 unspecified atom stereocenters. The zero-order chi connectivity index (χ0) is 19.2. The van der Waals surface area contributed by atoms with Crippen LogP contribution in [0.5, 0.6) is 0 Å². The number of anilines is 1. The molecule has 144 valence electrons. The summed E-state index contributed by atoms with van der Waals surface area (Å²) in [4.78, 5) is 2.45. The number of aromatic nitrogens is 3. The number of piperidine rings is 1. The van der Waals surface area contributed by atoms with E-state index in [2.05, 4.69) is 44.5 Å². The fourth-order valence-corrected chi connectivity index (χ4v) is 4.12. The van der Waals surface area contributed by atoms with Crippen molar-refractivity contribution in [1.82, 2.24) is 14.9 Å². The van der Waals surface area contributed by atoms with Crippen molar-refractivity contribution in [2.75, 3.05) is 18.0 Å². The van der Waals surface area contributed by atoms with Gasteiger partial charge in [0.1, 0.15) is 6.33 Å². The van der Waals surface area contributed by atoms with Gasteiger partial charge < -0.3 is 4.90 Å².